The van der Waals surface area contributed by atoms with Crippen LogP contribution in [0.1, 0.15) is 119 Å². The van der Waals surface area contributed by atoms with Crippen molar-refractivity contribution in [3.63, 3.8) is 0 Å². The third-order valence-electron chi connectivity index (χ3n) is 7.86. The van der Waals surface area contributed by atoms with Crippen LogP contribution in [-0.2, 0) is 20.7 Å². The monoisotopic (exact) mass is 651 g/mol. The molecule has 0 bridgehead atoms. The SMILES string of the molecule is CC(C)(C)OC(=O)c1cc(F)ccc1OCC(=O)NCCCc1cc(C2CC2)nc2cc([C@@H]3CCCCN3C(=O)OC(C)(C)C)nn12. The van der Waals surface area contributed by atoms with Crippen LogP contribution in [0.5, 0.6) is 5.75 Å². The molecule has 3 heterocycles. The number of nitrogens with zero attached hydrogens (tertiary/aromatic N) is 4. The van der Waals surface area contributed by atoms with Gasteiger partial charge in [0.15, 0.2) is 12.3 Å². The summed E-state index contributed by atoms with van der Waals surface area (Å²) in [5.74, 6) is -1.20. The lowest BCUT2D eigenvalue weighted by molar-refractivity contribution is -0.123. The number of aromatic nitrogens is 3. The summed E-state index contributed by atoms with van der Waals surface area (Å²) in [6.45, 7) is 11.4. The summed E-state index contributed by atoms with van der Waals surface area (Å²) in [7, 11) is 0. The first-order valence-corrected chi connectivity index (χ1v) is 16.5. The molecule has 1 aliphatic heterocycles. The van der Waals surface area contributed by atoms with Gasteiger partial charge in [-0.05, 0) is 111 Å². The Balaban J connectivity index is 1.22. The van der Waals surface area contributed by atoms with Gasteiger partial charge in [0.1, 0.15) is 28.3 Å². The Bertz CT molecular complexity index is 1620. The highest BCUT2D eigenvalue weighted by Gasteiger charge is 2.34. The average molecular weight is 652 g/mol. The molecule has 1 aromatic carbocycles. The summed E-state index contributed by atoms with van der Waals surface area (Å²) >= 11 is 0. The van der Waals surface area contributed by atoms with E-state index < -0.39 is 23.0 Å². The largest absolute Gasteiger partial charge is 0.483 e. The topological polar surface area (TPSA) is 124 Å². The van der Waals surface area contributed by atoms with Crippen molar-refractivity contribution in [2.45, 2.75) is 110 Å². The van der Waals surface area contributed by atoms with Gasteiger partial charge in [-0.15, -0.1) is 0 Å². The molecule has 0 radical (unpaired) electrons. The molecule has 2 fully saturated rings. The predicted octanol–water partition coefficient (Wildman–Crippen LogP) is 6.29. The van der Waals surface area contributed by atoms with Gasteiger partial charge in [0.2, 0.25) is 0 Å². The number of benzene rings is 1. The average Bonchev–Trinajstić information content (AvgIpc) is 3.75. The smallest absolute Gasteiger partial charge is 0.410 e. The zero-order valence-electron chi connectivity index (χ0n) is 28.2. The highest BCUT2D eigenvalue weighted by molar-refractivity contribution is 5.93. The van der Waals surface area contributed by atoms with Crippen LogP contribution in [0, 0.1) is 5.82 Å². The summed E-state index contributed by atoms with van der Waals surface area (Å²) in [6.07, 6.45) is 5.89. The Labute approximate surface area is 275 Å². The molecule has 47 heavy (non-hydrogen) atoms. The first-order valence-electron chi connectivity index (χ1n) is 16.5. The summed E-state index contributed by atoms with van der Waals surface area (Å²) in [6, 6.07) is 7.42. The van der Waals surface area contributed by atoms with E-state index in [-0.39, 0.29) is 36.0 Å². The number of halogens is 1. The van der Waals surface area contributed by atoms with Gasteiger partial charge in [0, 0.05) is 36.5 Å². The van der Waals surface area contributed by atoms with Gasteiger partial charge in [-0.3, -0.25) is 9.69 Å². The van der Waals surface area contributed by atoms with Crippen molar-refractivity contribution in [3.05, 3.63) is 58.8 Å². The van der Waals surface area contributed by atoms with E-state index in [1.807, 2.05) is 31.4 Å². The number of carbonyl (C=O) groups is 3. The second-order valence-corrected chi connectivity index (χ2v) is 14.4. The molecule has 3 aromatic rings. The first-order chi connectivity index (χ1) is 22.2. The number of piperidine rings is 1. The van der Waals surface area contributed by atoms with Crippen LogP contribution in [0.3, 0.4) is 0 Å². The summed E-state index contributed by atoms with van der Waals surface area (Å²) in [4.78, 5) is 45.0. The minimum atomic E-state index is -0.772. The van der Waals surface area contributed by atoms with Crippen molar-refractivity contribution < 1.29 is 33.0 Å². The van der Waals surface area contributed by atoms with E-state index >= 15 is 0 Å². The molecule has 2 aromatic heterocycles. The van der Waals surface area contributed by atoms with Gasteiger partial charge in [0.25, 0.3) is 5.91 Å². The maximum atomic E-state index is 13.9. The third-order valence-corrected chi connectivity index (χ3v) is 7.86. The van der Waals surface area contributed by atoms with Crippen LogP contribution in [-0.4, -0.2) is 68.4 Å². The number of ether oxygens (including phenoxy) is 3. The van der Waals surface area contributed by atoms with Crippen LogP contribution in [0.25, 0.3) is 5.65 Å². The van der Waals surface area contributed by atoms with Crippen molar-refractivity contribution in [3.8, 4) is 5.75 Å². The van der Waals surface area contributed by atoms with Gasteiger partial charge >= 0.3 is 12.1 Å². The molecule has 0 spiro atoms. The highest BCUT2D eigenvalue weighted by Crippen LogP contribution is 2.40. The zero-order valence-corrected chi connectivity index (χ0v) is 28.2. The quantitative estimate of drug-likeness (QED) is 0.200. The van der Waals surface area contributed by atoms with Crippen LogP contribution >= 0.6 is 0 Å². The molecule has 0 unspecified atom stereocenters. The minimum Gasteiger partial charge on any atom is -0.483 e. The number of aryl methyl sites for hydroxylation is 1. The number of likely N-dealkylation sites (tertiary alicyclic amines) is 1. The Morgan fingerprint density at radius 2 is 1.70 bits per heavy atom. The fourth-order valence-electron chi connectivity index (χ4n) is 5.60. The van der Waals surface area contributed by atoms with Gasteiger partial charge in [-0.25, -0.2) is 23.5 Å². The predicted molar refractivity (Wildman–Crippen MR) is 173 cm³/mol. The van der Waals surface area contributed by atoms with Gasteiger partial charge in [-0.2, -0.15) is 5.10 Å². The standard InChI is InChI=1S/C35H46FN5O6/c1-34(2,3)46-32(43)25-18-23(36)14-15-29(25)45-21-31(42)37-16-9-10-24-19-26(22-12-13-22)38-30-20-27(39-41(24)30)28-11-7-8-17-40(28)33(44)47-35(4,5)6/h14-15,18-20,22,28H,7-13,16-17,21H2,1-6H3,(H,37,42)/t28-/m0/s1. The number of hydrogen-bond donors (Lipinski definition) is 1. The van der Waals surface area contributed by atoms with Crippen molar-refractivity contribution in [2.75, 3.05) is 19.7 Å². The molecule has 11 nitrogen and oxygen atoms in total. The Kier molecular flexibility index (Phi) is 10.1. The molecule has 254 valence electrons. The number of carbonyl (C=O) groups excluding carboxylic acids is 3. The van der Waals surface area contributed by atoms with Crippen molar-refractivity contribution in [1.82, 2.24) is 24.8 Å². The number of hydrogen-bond acceptors (Lipinski definition) is 8. The molecule has 5 rings (SSSR count). The van der Waals surface area contributed by atoms with Crippen LogP contribution in [0.15, 0.2) is 30.3 Å². The summed E-state index contributed by atoms with van der Waals surface area (Å²) < 4.78 is 32.4. The van der Waals surface area contributed by atoms with E-state index in [1.165, 1.54) is 6.07 Å². The van der Waals surface area contributed by atoms with Crippen LogP contribution in [0.4, 0.5) is 9.18 Å². The second-order valence-electron chi connectivity index (χ2n) is 14.4. The zero-order chi connectivity index (χ0) is 33.9. The van der Waals surface area contributed by atoms with E-state index in [0.717, 1.165) is 67.0 Å². The maximum absolute atomic E-state index is 13.9. The minimum absolute atomic E-state index is 0.0697. The molecule has 1 saturated carbocycles. The lowest BCUT2D eigenvalue weighted by Crippen LogP contribution is -2.42. The first kappa shape index (κ1) is 34.1. The normalized spacial score (nSPS) is 17.0. The number of fused-ring (bicyclic) bond motifs is 1. The second kappa shape index (κ2) is 13.9. The Morgan fingerprint density at radius 3 is 2.40 bits per heavy atom. The van der Waals surface area contributed by atoms with E-state index in [1.54, 1.807) is 25.7 Å². The van der Waals surface area contributed by atoms with Gasteiger partial charge < -0.3 is 19.5 Å². The van der Waals surface area contributed by atoms with Crippen molar-refractivity contribution in [1.29, 1.82) is 0 Å². The fraction of sp³-hybridized carbons (Fsp3) is 0.571. The molecule has 1 atom stereocenters. The maximum Gasteiger partial charge on any atom is 0.410 e. The molecule has 1 N–H and O–H groups in total. The van der Waals surface area contributed by atoms with Crippen molar-refractivity contribution in [2.24, 2.45) is 0 Å². The lowest BCUT2D eigenvalue weighted by Gasteiger charge is -2.35. The number of esters is 1. The van der Waals surface area contributed by atoms with Gasteiger partial charge in [-0.1, -0.05) is 0 Å². The summed E-state index contributed by atoms with van der Waals surface area (Å²) in [5.41, 5.74) is 2.15. The van der Waals surface area contributed by atoms with E-state index in [4.69, 9.17) is 24.3 Å². The van der Waals surface area contributed by atoms with Crippen LogP contribution < -0.4 is 10.1 Å². The number of amides is 2. The molecular formula is C35H46FN5O6. The highest BCUT2D eigenvalue weighted by atomic mass is 19.1. The number of rotatable bonds is 10. The fourth-order valence-corrected chi connectivity index (χ4v) is 5.60. The lowest BCUT2D eigenvalue weighted by atomic mass is 10.00. The van der Waals surface area contributed by atoms with E-state index in [9.17, 15) is 18.8 Å². The third kappa shape index (κ3) is 9.20. The summed E-state index contributed by atoms with van der Waals surface area (Å²) in [5, 5.41) is 7.80. The van der Waals surface area contributed by atoms with E-state index in [0.29, 0.717) is 31.8 Å². The molecular weight excluding hydrogens is 605 g/mol. The van der Waals surface area contributed by atoms with Crippen LogP contribution in [0.2, 0.25) is 0 Å². The Morgan fingerprint density at radius 1 is 0.957 bits per heavy atom. The molecule has 1 aliphatic carbocycles. The molecule has 1 saturated heterocycles. The van der Waals surface area contributed by atoms with Crippen molar-refractivity contribution >= 4 is 23.6 Å². The van der Waals surface area contributed by atoms with Gasteiger partial charge in [0.05, 0.1) is 11.7 Å². The van der Waals surface area contributed by atoms with E-state index in [2.05, 4.69) is 11.4 Å². The molecule has 2 aliphatic rings. The Hall–Kier alpha value is -4.22. The molecule has 2 amide bonds. The number of nitrogens with one attached hydrogen (secondary N) is 1. The molecule has 12 heteroatoms.